The standard InChI is InChI=1S/C19H30N4O2S/c1-15(16-5-4-12-26-16)21-18(20-13-17(24)22(2)3)23-9-6-19(14-23)7-10-25-11-8-19/h4-5,12,15H,6-11,13-14H2,1-3H3,(H,20,21). The molecule has 1 N–H and O–H groups in total. The SMILES string of the molecule is CC(NC(=NCC(=O)N(C)C)N1CCC2(CCOCC2)C1)c1cccs1. The van der Waals surface area contributed by atoms with Crippen LogP contribution < -0.4 is 5.32 Å². The minimum absolute atomic E-state index is 0.0213. The van der Waals surface area contributed by atoms with Gasteiger partial charge in [0.15, 0.2) is 5.96 Å². The van der Waals surface area contributed by atoms with Crippen LogP contribution in [-0.4, -0.2) is 68.6 Å². The summed E-state index contributed by atoms with van der Waals surface area (Å²) in [6.45, 7) is 6.03. The highest BCUT2D eigenvalue weighted by Crippen LogP contribution is 2.39. The second kappa shape index (κ2) is 8.39. The normalized spacial score (nSPS) is 21.0. The van der Waals surface area contributed by atoms with Crippen LogP contribution >= 0.6 is 11.3 Å². The molecule has 0 bridgehead atoms. The lowest BCUT2D eigenvalue weighted by Crippen LogP contribution is -2.43. The molecule has 1 aromatic heterocycles. The summed E-state index contributed by atoms with van der Waals surface area (Å²) in [6.07, 6.45) is 3.41. The Morgan fingerprint density at radius 3 is 2.85 bits per heavy atom. The molecule has 1 spiro atoms. The topological polar surface area (TPSA) is 57.2 Å². The summed E-state index contributed by atoms with van der Waals surface area (Å²) in [6, 6.07) is 4.38. The summed E-state index contributed by atoms with van der Waals surface area (Å²) in [7, 11) is 3.54. The molecule has 26 heavy (non-hydrogen) atoms. The first kappa shape index (κ1) is 19.2. The molecule has 0 aromatic carbocycles. The molecule has 1 unspecified atom stereocenters. The number of rotatable bonds is 4. The fourth-order valence-corrected chi connectivity index (χ4v) is 4.39. The zero-order chi connectivity index (χ0) is 18.6. The van der Waals surface area contributed by atoms with Crippen LogP contribution in [0.5, 0.6) is 0 Å². The van der Waals surface area contributed by atoms with Gasteiger partial charge in [0.2, 0.25) is 5.91 Å². The van der Waals surface area contributed by atoms with E-state index in [9.17, 15) is 4.79 Å². The number of thiophene rings is 1. The van der Waals surface area contributed by atoms with Crippen LogP contribution in [0.15, 0.2) is 22.5 Å². The zero-order valence-corrected chi connectivity index (χ0v) is 16.8. The first-order valence-corrected chi connectivity index (χ1v) is 10.2. The average Bonchev–Trinajstić information content (AvgIpc) is 3.29. The third-order valence-electron chi connectivity index (χ3n) is 5.47. The Kier molecular flexibility index (Phi) is 6.19. The van der Waals surface area contributed by atoms with Gasteiger partial charge in [-0.05, 0) is 43.0 Å². The largest absolute Gasteiger partial charge is 0.381 e. The molecule has 0 saturated carbocycles. The molecule has 7 heteroatoms. The molecule has 0 aliphatic carbocycles. The number of nitrogens with one attached hydrogen (secondary N) is 1. The van der Waals surface area contributed by atoms with Crippen molar-refractivity contribution in [3.8, 4) is 0 Å². The van der Waals surface area contributed by atoms with Crippen LogP contribution in [0.1, 0.15) is 37.1 Å². The molecular formula is C19H30N4O2S. The molecule has 1 amide bonds. The molecule has 2 aliphatic rings. The van der Waals surface area contributed by atoms with Crippen molar-refractivity contribution in [2.75, 3.05) is 46.9 Å². The molecule has 3 rings (SSSR count). The summed E-state index contributed by atoms with van der Waals surface area (Å²) in [5.41, 5.74) is 0.346. The second-order valence-electron chi connectivity index (χ2n) is 7.59. The molecule has 2 fully saturated rings. The van der Waals surface area contributed by atoms with E-state index in [4.69, 9.17) is 4.74 Å². The number of aliphatic imine (C=N–C) groups is 1. The maximum absolute atomic E-state index is 12.0. The number of guanidine groups is 1. The van der Waals surface area contributed by atoms with Crippen molar-refractivity contribution in [1.29, 1.82) is 0 Å². The summed E-state index contributed by atoms with van der Waals surface area (Å²) in [4.78, 5) is 21.9. The molecule has 1 aromatic rings. The van der Waals surface area contributed by atoms with Gasteiger partial charge in [-0.25, -0.2) is 4.99 Å². The van der Waals surface area contributed by atoms with Gasteiger partial charge in [0.25, 0.3) is 0 Å². The van der Waals surface area contributed by atoms with Gasteiger partial charge in [-0.2, -0.15) is 0 Å². The summed E-state index contributed by atoms with van der Waals surface area (Å²) in [5.74, 6) is 0.873. The summed E-state index contributed by atoms with van der Waals surface area (Å²) < 4.78 is 5.56. The molecule has 6 nitrogen and oxygen atoms in total. The van der Waals surface area contributed by atoms with Crippen LogP contribution in [0.4, 0.5) is 0 Å². The number of hydrogen-bond acceptors (Lipinski definition) is 4. The van der Waals surface area contributed by atoms with E-state index < -0.39 is 0 Å². The van der Waals surface area contributed by atoms with E-state index >= 15 is 0 Å². The number of ether oxygens (including phenoxy) is 1. The monoisotopic (exact) mass is 378 g/mol. The number of carbonyl (C=O) groups excluding carboxylic acids is 1. The first-order chi connectivity index (χ1) is 12.5. The Bertz CT molecular complexity index is 623. The fraction of sp³-hybridized carbons (Fsp3) is 0.684. The fourth-order valence-electron chi connectivity index (χ4n) is 3.65. The molecule has 2 aliphatic heterocycles. The lowest BCUT2D eigenvalue weighted by atomic mass is 9.80. The minimum atomic E-state index is 0.0213. The molecule has 144 valence electrons. The van der Waals surface area contributed by atoms with E-state index in [0.717, 1.165) is 45.1 Å². The lowest BCUT2D eigenvalue weighted by molar-refractivity contribution is -0.127. The third-order valence-corrected chi connectivity index (χ3v) is 6.52. The third kappa shape index (κ3) is 4.57. The van der Waals surface area contributed by atoms with Crippen molar-refractivity contribution in [1.82, 2.24) is 15.1 Å². The lowest BCUT2D eigenvalue weighted by Gasteiger charge is -2.34. The van der Waals surface area contributed by atoms with Crippen LogP contribution in [0.25, 0.3) is 0 Å². The second-order valence-corrected chi connectivity index (χ2v) is 8.57. The van der Waals surface area contributed by atoms with Gasteiger partial charge in [-0.1, -0.05) is 6.07 Å². The molecular weight excluding hydrogens is 348 g/mol. The number of nitrogens with zero attached hydrogens (tertiary/aromatic N) is 3. The van der Waals surface area contributed by atoms with Crippen LogP contribution in [0.3, 0.4) is 0 Å². The maximum atomic E-state index is 12.0. The van der Waals surface area contributed by atoms with E-state index in [1.807, 2.05) is 0 Å². The van der Waals surface area contributed by atoms with Gasteiger partial charge >= 0.3 is 0 Å². The van der Waals surface area contributed by atoms with Gasteiger partial charge in [0, 0.05) is 45.3 Å². The highest BCUT2D eigenvalue weighted by atomic mass is 32.1. The van der Waals surface area contributed by atoms with Crippen molar-refractivity contribution < 1.29 is 9.53 Å². The molecule has 0 radical (unpaired) electrons. The number of carbonyl (C=O) groups is 1. The quantitative estimate of drug-likeness (QED) is 0.645. The Morgan fingerprint density at radius 2 is 2.19 bits per heavy atom. The van der Waals surface area contributed by atoms with Crippen molar-refractivity contribution in [3.63, 3.8) is 0 Å². The highest BCUT2D eigenvalue weighted by Gasteiger charge is 2.40. The van der Waals surface area contributed by atoms with Gasteiger partial charge in [-0.3, -0.25) is 4.79 Å². The van der Waals surface area contributed by atoms with Crippen LogP contribution in [-0.2, 0) is 9.53 Å². The van der Waals surface area contributed by atoms with Gasteiger partial charge in [0.1, 0.15) is 6.54 Å². The maximum Gasteiger partial charge on any atom is 0.243 e. The van der Waals surface area contributed by atoms with Crippen molar-refractivity contribution >= 4 is 23.2 Å². The van der Waals surface area contributed by atoms with Gasteiger partial charge < -0.3 is 19.9 Å². The first-order valence-electron chi connectivity index (χ1n) is 9.36. The smallest absolute Gasteiger partial charge is 0.243 e. The van der Waals surface area contributed by atoms with Crippen molar-refractivity contribution in [2.45, 2.75) is 32.2 Å². The predicted octanol–water partition coefficient (Wildman–Crippen LogP) is 2.35. The molecule has 3 heterocycles. The van der Waals surface area contributed by atoms with E-state index in [0.29, 0.717) is 5.41 Å². The molecule has 2 saturated heterocycles. The van der Waals surface area contributed by atoms with Gasteiger partial charge in [0.05, 0.1) is 6.04 Å². The number of hydrogen-bond donors (Lipinski definition) is 1. The Morgan fingerprint density at radius 1 is 1.42 bits per heavy atom. The van der Waals surface area contributed by atoms with E-state index in [2.05, 4.69) is 39.6 Å². The average molecular weight is 379 g/mol. The van der Waals surface area contributed by atoms with Crippen molar-refractivity contribution in [3.05, 3.63) is 22.4 Å². The molecule has 1 atom stereocenters. The van der Waals surface area contributed by atoms with Crippen LogP contribution in [0.2, 0.25) is 0 Å². The van der Waals surface area contributed by atoms with E-state index in [1.165, 1.54) is 11.3 Å². The summed E-state index contributed by atoms with van der Waals surface area (Å²) in [5, 5.41) is 5.65. The summed E-state index contributed by atoms with van der Waals surface area (Å²) >= 11 is 1.74. The van der Waals surface area contributed by atoms with Gasteiger partial charge in [-0.15, -0.1) is 11.3 Å². The minimum Gasteiger partial charge on any atom is -0.381 e. The van der Waals surface area contributed by atoms with E-state index in [-0.39, 0.29) is 18.5 Å². The van der Waals surface area contributed by atoms with E-state index in [1.54, 1.807) is 30.3 Å². The number of likely N-dealkylation sites (tertiary alicyclic amines) is 1. The van der Waals surface area contributed by atoms with Crippen molar-refractivity contribution in [2.24, 2.45) is 10.4 Å². The number of likely N-dealkylation sites (N-methyl/N-ethyl adjacent to an activating group) is 1. The Labute approximate surface area is 160 Å². The van der Waals surface area contributed by atoms with Crippen LogP contribution in [0, 0.1) is 5.41 Å². The number of amides is 1. The Balaban J connectivity index is 1.72. The highest BCUT2D eigenvalue weighted by molar-refractivity contribution is 7.10. The zero-order valence-electron chi connectivity index (χ0n) is 16.0. The Hall–Kier alpha value is -1.60. The predicted molar refractivity (Wildman–Crippen MR) is 106 cm³/mol.